The van der Waals surface area contributed by atoms with Crippen molar-refractivity contribution in [3.63, 3.8) is 0 Å². The largest absolute Gasteiger partial charge is 0.451 e. The Morgan fingerprint density at radius 3 is 2.65 bits per heavy atom. The summed E-state index contributed by atoms with van der Waals surface area (Å²) < 4.78 is 19.8. The first-order valence-electron chi connectivity index (χ1n) is 5.06. The van der Waals surface area contributed by atoms with Crippen molar-refractivity contribution in [1.29, 1.82) is 0 Å². The Morgan fingerprint density at radius 1 is 1.24 bits per heavy atom. The Labute approximate surface area is 107 Å². The van der Waals surface area contributed by atoms with Gasteiger partial charge in [0.25, 0.3) is 0 Å². The van der Waals surface area contributed by atoms with Crippen molar-refractivity contribution in [3.05, 3.63) is 52.3 Å². The molecular formula is C13H11BrFNO. The molecule has 2 rings (SSSR count). The van der Waals surface area contributed by atoms with Crippen LogP contribution in [0.25, 0.3) is 0 Å². The maximum Gasteiger partial charge on any atom is 0.185 e. The number of hydrogen-bond donors (Lipinski definition) is 1. The van der Waals surface area contributed by atoms with E-state index in [1.54, 1.807) is 18.2 Å². The number of aryl methyl sites for hydroxylation is 1. The summed E-state index contributed by atoms with van der Waals surface area (Å²) in [5.74, 6) is 0.113. The fourth-order valence-electron chi connectivity index (χ4n) is 1.43. The van der Waals surface area contributed by atoms with Crippen LogP contribution >= 0.6 is 15.9 Å². The standard InChI is InChI=1S/C13H11BrFNO/c1-8-5-6-12(9(14)7-8)17-13-10(15)3-2-4-11(13)16/h2-7H,16H2,1H3. The number of halogens is 2. The van der Waals surface area contributed by atoms with Crippen LogP contribution in [0.15, 0.2) is 40.9 Å². The highest BCUT2D eigenvalue weighted by Crippen LogP contribution is 2.34. The summed E-state index contributed by atoms with van der Waals surface area (Å²) in [5, 5.41) is 0. The molecule has 2 nitrogen and oxygen atoms in total. The second-order valence-electron chi connectivity index (χ2n) is 3.69. The van der Waals surface area contributed by atoms with Gasteiger partial charge in [-0.15, -0.1) is 0 Å². The highest BCUT2D eigenvalue weighted by Gasteiger charge is 2.10. The molecule has 2 aromatic rings. The number of rotatable bonds is 2. The molecule has 0 fully saturated rings. The molecule has 0 spiro atoms. The molecule has 17 heavy (non-hydrogen) atoms. The summed E-state index contributed by atoms with van der Waals surface area (Å²) in [6.45, 7) is 1.96. The number of para-hydroxylation sites is 1. The van der Waals surface area contributed by atoms with Gasteiger partial charge in [-0.05, 0) is 52.7 Å². The maximum absolute atomic E-state index is 13.5. The normalized spacial score (nSPS) is 10.3. The molecule has 0 saturated carbocycles. The number of nitrogen functional groups attached to an aromatic ring is 1. The van der Waals surface area contributed by atoms with Crippen LogP contribution < -0.4 is 10.5 Å². The molecule has 0 amide bonds. The van der Waals surface area contributed by atoms with Crippen molar-refractivity contribution in [2.45, 2.75) is 6.92 Å². The van der Waals surface area contributed by atoms with Crippen LogP contribution in [0.5, 0.6) is 11.5 Å². The lowest BCUT2D eigenvalue weighted by molar-refractivity contribution is 0.442. The van der Waals surface area contributed by atoms with Gasteiger partial charge < -0.3 is 10.5 Å². The van der Waals surface area contributed by atoms with Crippen molar-refractivity contribution in [1.82, 2.24) is 0 Å². The summed E-state index contributed by atoms with van der Waals surface area (Å²) in [6.07, 6.45) is 0. The predicted molar refractivity (Wildman–Crippen MR) is 69.8 cm³/mol. The molecule has 0 radical (unpaired) electrons. The number of nitrogens with two attached hydrogens (primary N) is 1. The van der Waals surface area contributed by atoms with E-state index in [1.807, 2.05) is 19.1 Å². The summed E-state index contributed by atoms with van der Waals surface area (Å²) >= 11 is 3.37. The zero-order valence-electron chi connectivity index (χ0n) is 9.21. The van der Waals surface area contributed by atoms with Crippen LogP contribution in [0, 0.1) is 12.7 Å². The SMILES string of the molecule is Cc1ccc(Oc2c(N)cccc2F)c(Br)c1. The van der Waals surface area contributed by atoms with Crippen LogP contribution in [-0.4, -0.2) is 0 Å². The van der Waals surface area contributed by atoms with Crippen LogP contribution in [0.4, 0.5) is 10.1 Å². The zero-order valence-corrected chi connectivity index (χ0v) is 10.8. The lowest BCUT2D eigenvalue weighted by atomic mass is 10.2. The van der Waals surface area contributed by atoms with Crippen molar-refractivity contribution in [2.24, 2.45) is 0 Å². The first kappa shape index (κ1) is 11.9. The second-order valence-corrected chi connectivity index (χ2v) is 4.55. The Kier molecular flexibility index (Phi) is 3.33. The summed E-state index contributed by atoms with van der Waals surface area (Å²) in [4.78, 5) is 0. The van der Waals surface area contributed by atoms with Gasteiger partial charge in [-0.2, -0.15) is 0 Å². The predicted octanol–water partition coefficient (Wildman–Crippen LogP) is 4.27. The van der Waals surface area contributed by atoms with Crippen LogP contribution in [0.3, 0.4) is 0 Å². The van der Waals surface area contributed by atoms with Gasteiger partial charge in [0, 0.05) is 0 Å². The van der Waals surface area contributed by atoms with Crippen molar-refractivity contribution < 1.29 is 9.13 Å². The summed E-state index contributed by atoms with van der Waals surface area (Å²) in [5.41, 5.74) is 7.03. The van der Waals surface area contributed by atoms with Gasteiger partial charge in [-0.3, -0.25) is 0 Å². The van der Waals surface area contributed by atoms with E-state index in [1.165, 1.54) is 6.07 Å². The highest BCUT2D eigenvalue weighted by atomic mass is 79.9. The molecular weight excluding hydrogens is 285 g/mol. The average Bonchev–Trinajstić information content (AvgIpc) is 2.26. The lowest BCUT2D eigenvalue weighted by Gasteiger charge is -2.11. The number of hydrogen-bond acceptors (Lipinski definition) is 2. The molecule has 0 aliphatic rings. The number of ether oxygens (including phenoxy) is 1. The summed E-state index contributed by atoms with van der Waals surface area (Å²) in [7, 11) is 0. The summed E-state index contributed by atoms with van der Waals surface area (Å²) in [6, 6.07) is 10.0. The van der Waals surface area contributed by atoms with E-state index >= 15 is 0 Å². The molecule has 0 atom stereocenters. The van der Waals surface area contributed by atoms with E-state index in [4.69, 9.17) is 10.5 Å². The van der Waals surface area contributed by atoms with Crippen molar-refractivity contribution in [3.8, 4) is 11.5 Å². The van der Waals surface area contributed by atoms with Crippen LogP contribution in [0.2, 0.25) is 0 Å². The third-order valence-electron chi connectivity index (χ3n) is 2.30. The van der Waals surface area contributed by atoms with Gasteiger partial charge in [0.15, 0.2) is 11.6 Å². The van der Waals surface area contributed by atoms with E-state index in [2.05, 4.69) is 15.9 Å². The molecule has 88 valence electrons. The first-order chi connectivity index (χ1) is 8.08. The van der Waals surface area contributed by atoms with Gasteiger partial charge in [0.1, 0.15) is 5.75 Å². The third kappa shape index (κ3) is 2.58. The minimum absolute atomic E-state index is 0.0528. The number of benzene rings is 2. The molecule has 0 heterocycles. The molecule has 0 aliphatic heterocycles. The molecule has 2 aromatic carbocycles. The fourth-order valence-corrected chi connectivity index (χ4v) is 2.01. The monoisotopic (exact) mass is 295 g/mol. The van der Waals surface area contributed by atoms with E-state index in [9.17, 15) is 4.39 Å². The first-order valence-corrected chi connectivity index (χ1v) is 5.85. The van der Waals surface area contributed by atoms with E-state index < -0.39 is 5.82 Å². The molecule has 0 saturated heterocycles. The average molecular weight is 296 g/mol. The Morgan fingerprint density at radius 2 is 2.00 bits per heavy atom. The molecule has 0 aliphatic carbocycles. The Bertz CT molecular complexity index is 537. The van der Waals surface area contributed by atoms with Gasteiger partial charge >= 0.3 is 0 Å². The molecule has 0 aromatic heterocycles. The molecule has 0 bridgehead atoms. The smallest absolute Gasteiger partial charge is 0.185 e. The van der Waals surface area contributed by atoms with E-state index in [0.29, 0.717) is 5.75 Å². The topological polar surface area (TPSA) is 35.2 Å². The maximum atomic E-state index is 13.5. The quantitative estimate of drug-likeness (QED) is 0.840. The molecule has 2 N–H and O–H groups in total. The van der Waals surface area contributed by atoms with Gasteiger partial charge in [-0.1, -0.05) is 12.1 Å². The van der Waals surface area contributed by atoms with Crippen molar-refractivity contribution in [2.75, 3.05) is 5.73 Å². The van der Waals surface area contributed by atoms with Crippen molar-refractivity contribution >= 4 is 21.6 Å². The van der Waals surface area contributed by atoms with Gasteiger partial charge in [0.05, 0.1) is 10.2 Å². The second kappa shape index (κ2) is 4.75. The Hall–Kier alpha value is -1.55. The van der Waals surface area contributed by atoms with E-state index in [0.717, 1.165) is 10.0 Å². The third-order valence-corrected chi connectivity index (χ3v) is 2.92. The molecule has 4 heteroatoms. The minimum atomic E-state index is -0.475. The zero-order chi connectivity index (χ0) is 12.4. The Balaban J connectivity index is 2.38. The highest BCUT2D eigenvalue weighted by molar-refractivity contribution is 9.10. The van der Waals surface area contributed by atoms with Gasteiger partial charge in [0.2, 0.25) is 0 Å². The number of anilines is 1. The van der Waals surface area contributed by atoms with E-state index in [-0.39, 0.29) is 11.4 Å². The van der Waals surface area contributed by atoms with Crippen LogP contribution in [-0.2, 0) is 0 Å². The lowest BCUT2D eigenvalue weighted by Crippen LogP contribution is -1.95. The fraction of sp³-hybridized carbons (Fsp3) is 0.0769. The molecule has 0 unspecified atom stereocenters. The minimum Gasteiger partial charge on any atom is -0.451 e. The van der Waals surface area contributed by atoms with Crippen LogP contribution in [0.1, 0.15) is 5.56 Å². The van der Waals surface area contributed by atoms with Gasteiger partial charge in [-0.25, -0.2) is 4.39 Å².